The van der Waals surface area contributed by atoms with E-state index in [1.165, 1.54) is 42.2 Å². The number of aryl methyl sites for hydroxylation is 1. The lowest BCUT2D eigenvalue weighted by Crippen LogP contribution is -2.39. The molecule has 1 aromatic carbocycles. The average Bonchev–Trinajstić information content (AvgIpc) is 3.03. The molecule has 0 atom stereocenters. The van der Waals surface area contributed by atoms with Gasteiger partial charge in [-0.15, -0.1) is 0 Å². The van der Waals surface area contributed by atoms with Crippen LogP contribution in [0.1, 0.15) is 31.4 Å². The van der Waals surface area contributed by atoms with E-state index in [0.717, 1.165) is 0 Å². The fraction of sp³-hybridized carbons (Fsp3) is 0.368. The van der Waals surface area contributed by atoms with Gasteiger partial charge in [-0.3, -0.25) is 4.57 Å². The minimum Gasteiger partial charge on any atom is -0.472 e. The zero-order chi connectivity index (χ0) is 21.3. The summed E-state index contributed by atoms with van der Waals surface area (Å²) in [4.78, 5) is 19.6. The topological polar surface area (TPSA) is 140 Å². The van der Waals surface area contributed by atoms with Crippen molar-refractivity contribution in [2.45, 2.75) is 42.7 Å². The third kappa shape index (κ3) is 3.92. The molecule has 1 N–H and O–H groups in total. The van der Waals surface area contributed by atoms with Crippen molar-refractivity contribution in [2.75, 3.05) is 0 Å². The number of benzene rings is 1. The Morgan fingerprint density at radius 3 is 2.70 bits per heavy atom. The summed E-state index contributed by atoms with van der Waals surface area (Å²) in [5.41, 5.74) is 0.876. The molecule has 0 unspecified atom stereocenters. The summed E-state index contributed by atoms with van der Waals surface area (Å²) in [7, 11) is -2.24. The number of ether oxygens (including phenoxy) is 1. The lowest BCUT2D eigenvalue weighted by atomic mass is 9.94. The van der Waals surface area contributed by atoms with Gasteiger partial charge in [0.05, 0.1) is 10.4 Å². The smallest absolute Gasteiger partial charge is 0.419 e. The van der Waals surface area contributed by atoms with Crippen LogP contribution in [0.3, 0.4) is 0 Å². The van der Waals surface area contributed by atoms with Crippen LogP contribution in [-0.2, 0) is 17.1 Å². The highest BCUT2D eigenvalue weighted by Crippen LogP contribution is 2.25. The Kier molecular flexibility index (Phi) is 5.27. The first-order valence-electron chi connectivity index (χ1n) is 9.37. The van der Waals surface area contributed by atoms with Gasteiger partial charge in [0.25, 0.3) is 5.88 Å². The van der Waals surface area contributed by atoms with E-state index in [2.05, 4.69) is 14.7 Å². The molecular formula is C19H19N5O5S. The number of sulfonamides is 1. The van der Waals surface area contributed by atoms with Gasteiger partial charge in [0.15, 0.2) is 5.58 Å². The maximum absolute atomic E-state index is 12.8. The molecule has 0 aliphatic heterocycles. The zero-order valence-electron chi connectivity index (χ0n) is 16.1. The average molecular weight is 429 g/mol. The van der Waals surface area contributed by atoms with Crippen molar-refractivity contribution >= 4 is 21.1 Å². The van der Waals surface area contributed by atoms with Crippen LogP contribution in [-0.4, -0.2) is 35.1 Å². The van der Waals surface area contributed by atoms with Gasteiger partial charge in [-0.25, -0.2) is 27.9 Å². The summed E-state index contributed by atoms with van der Waals surface area (Å²) in [5, 5.41) is 9.08. The Hall–Kier alpha value is -3.23. The van der Waals surface area contributed by atoms with E-state index >= 15 is 0 Å². The molecule has 0 saturated heterocycles. The molecule has 30 heavy (non-hydrogen) atoms. The first-order valence-corrected chi connectivity index (χ1v) is 10.9. The van der Waals surface area contributed by atoms with Gasteiger partial charge < -0.3 is 9.15 Å². The number of aromatic nitrogens is 3. The van der Waals surface area contributed by atoms with E-state index in [4.69, 9.17) is 14.4 Å². The molecule has 2 aromatic heterocycles. The fourth-order valence-electron chi connectivity index (χ4n) is 3.51. The number of hydrogen-bond acceptors (Lipinski definition) is 8. The van der Waals surface area contributed by atoms with E-state index in [1.54, 1.807) is 0 Å². The molecule has 0 spiro atoms. The van der Waals surface area contributed by atoms with Crippen LogP contribution in [0.5, 0.6) is 5.88 Å². The summed E-state index contributed by atoms with van der Waals surface area (Å²) in [5.74, 6) is -0.350. The van der Waals surface area contributed by atoms with Crippen LogP contribution in [0.15, 0.2) is 44.7 Å². The first kappa shape index (κ1) is 20.1. The van der Waals surface area contributed by atoms with Crippen molar-refractivity contribution < 1.29 is 17.6 Å². The van der Waals surface area contributed by atoms with Gasteiger partial charge in [-0.1, -0.05) is 0 Å². The molecule has 2 heterocycles. The van der Waals surface area contributed by atoms with Gasteiger partial charge in [0.1, 0.15) is 12.2 Å². The molecule has 10 nitrogen and oxygen atoms in total. The quantitative estimate of drug-likeness (QED) is 0.643. The molecule has 1 aliphatic rings. The third-order valence-corrected chi connectivity index (χ3v) is 6.64. The monoisotopic (exact) mass is 429 g/mol. The van der Waals surface area contributed by atoms with E-state index < -0.39 is 15.8 Å². The molecule has 0 amide bonds. The highest BCUT2D eigenvalue weighted by atomic mass is 32.2. The normalized spacial score (nSPS) is 19.5. The van der Waals surface area contributed by atoms with Gasteiger partial charge in [-0.2, -0.15) is 5.26 Å². The van der Waals surface area contributed by atoms with Crippen LogP contribution < -0.4 is 15.2 Å². The number of rotatable bonds is 5. The van der Waals surface area contributed by atoms with Crippen molar-refractivity contribution in [1.29, 1.82) is 5.26 Å². The Balaban J connectivity index is 1.41. The van der Waals surface area contributed by atoms with Crippen molar-refractivity contribution in [3.63, 3.8) is 0 Å². The SMILES string of the molecule is Cn1c(=O)oc2ccc(S(=O)(=O)NC3CCC(Oc4nccnc4C#N)CC3)cc21. The standard InChI is InChI=1S/C19H19N5O5S/c1-24-16-10-14(6-7-17(16)29-19(24)25)30(26,27)23-12-2-4-13(5-3-12)28-18-15(11-20)21-8-9-22-18/h6-10,12-13,23H,2-5H2,1H3. The number of nitriles is 1. The van der Waals surface area contributed by atoms with Crippen LogP contribution in [0.4, 0.5) is 0 Å². The predicted molar refractivity (Wildman–Crippen MR) is 105 cm³/mol. The lowest BCUT2D eigenvalue weighted by Gasteiger charge is -2.29. The van der Waals surface area contributed by atoms with E-state index in [9.17, 15) is 13.2 Å². The summed E-state index contributed by atoms with van der Waals surface area (Å²) >= 11 is 0. The number of nitrogens with one attached hydrogen (secondary N) is 1. The highest BCUT2D eigenvalue weighted by Gasteiger charge is 2.28. The van der Waals surface area contributed by atoms with Crippen molar-refractivity contribution in [3.8, 4) is 11.9 Å². The second kappa shape index (κ2) is 7.89. The molecular weight excluding hydrogens is 410 g/mol. The largest absolute Gasteiger partial charge is 0.472 e. The van der Waals surface area contributed by atoms with Crippen molar-refractivity contribution in [3.05, 3.63) is 46.8 Å². The van der Waals surface area contributed by atoms with Gasteiger partial charge in [0.2, 0.25) is 15.7 Å². The van der Waals surface area contributed by atoms with Crippen LogP contribution in [0.2, 0.25) is 0 Å². The van der Waals surface area contributed by atoms with Crippen LogP contribution in [0, 0.1) is 11.3 Å². The molecule has 1 fully saturated rings. The van der Waals surface area contributed by atoms with E-state index in [-0.39, 0.29) is 28.6 Å². The van der Waals surface area contributed by atoms with Gasteiger partial charge in [-0.05, 0) is 43.9 Å². The highest BCUT2D eigenvalue weighted by molar-refractivity contribution is 7.89. The number of hydrogen-bond donors (Lipinski definition) is 1. The molecule has 11 heteroatoms. The Morgan fingerprint density at radius 1 is 1.23 bits per heavy atom. The fourth-order valence-corrected chi connectivity index (χ4v) is 4.83. The summed E-state index contributed by atoms with van der Waals surface area (Å²) < 4.78 is 40.4. The maximum Gasteiger partial charge on any atom is 0.419 e. The Labute approximate surface area is 172 Å². The molecule has 4 rings (SSSR count). The number of fused-ring (bicyclic) bond motifs is 1. The second-order valence-electron chi connectivity index (χ2n) is 7.09. The second-order valence-corrected chi connectivity index (χ2v) is 8.81. The first-order chi connectivity index (χ1) is 14.4. The summed E-state index contributed by atoms with van der Waals surface area (Å²) in [6.07, 6.45) is 5.12. The zero-order valence-corrected chi connectivity index (χ0v) is 16.9. The van der Waals surface area contributed by atoms with Crippen LogP contribution >= 0.6 is 0 Å². The molecule has 0 bridgehead atoms. The molecule has 3 aromatic rings. The molecule has 156 valence electrons. The van der Waals surface area contributed by atoms with Crippen molar-refractivity contribution in [1.82, 2.24) is 19.3 Å². The minimum absolute atomic E-state index is 0.0722. The maximum atomic E-state index is 12.8. The molecule has 1 aliphatic carbocycles. The van der Waals surface area contributed by atoms with Gasteiger partial charge >= 0.3 is 5.76 Å². The Morgan fingerprint density at radius 2 is 1.97 bits per heavy atom. The predicted octanol–water partition coefficient (Wildman–Crippen LogP) is 1.46. The van der Waals surface area contributed by atoms with E-state index in [1.807, 2.05) is 6.07 Å². The molecule has 1 saturated carbocycles. The minimum atomic E-state index is -3.76. The number of oxazole rings is 1. The Bertz CT molecular complexity index is 1280. The van der Waals surface area contributed by atoms with Crippen LogP contribution in [0.25, 0.3) is 11.1 Å². The molecule has 0 radical (unpaired) electrons. The number of nitrogens with zero attached hydrogens (tertiary/aromatic N) is 4. The summed E-state index contributed by atoms with van der Waals surface area (Å²) in [6, 6.07) is 6.02. The van der Waals surface area contributed by atoms with Gasteiger partial charge in [0, 0.05) is 25.5 Å². The third-order valence-electron chi connectivity index (χ3n) is 5.12. The van der Waals surface area contributed by atoms with Crippen molar-refractivity contribution in [2.24, 2.45) is 7.05 Å². The lowest BCUT2D eigenvalue weighted by molar-refractivity contribution is 0.137. The van der Waals surface area contributed by atoms with E-state index in [0.29, 0.717) is 36.8 Å². The summed E-state index contributed by atoms with van der Waals surface area (Å²) in [6.45, 7) is 0.